The molecule has 0 spiro atoms. The number of carbonyl (C=O) groups excluding carboxylic acids is 2. The molecule has 2 aromatic rings. The van der Waals surface area contributed by atoms with E-state index in [4.69, 9.17) is 0 Å². The highest BCUT2D eigenvalue weighted by molar-refractivity contribution is 5.92. The Bertz CT molecular complexity index is 1100. The lowest BCUT2D eigenvalue weighted by Crippen LogP contribution is -2.49. The van der Waals surface area contributed by atoms with Crippen molar-refractivity contribution in [3.63, 3.8) is 0 Å². The van der Waals surface area contributed by atoms with Crippen LogP contribution >= 0.6 is 0 Å². The number of carboxylic acids is 2. The molecule has 3 rings (SSSR count). The average Bonchev–Trinajstić information content (AvgIpc) is 3.05. The van der Waals surface area contributed by atoms with Gasteiger partial charge in [0.05, 0.1) is 11.8 Å². The van der Waals surface area contributed by atoms with Gasteiger partial charge >= 0.3 is 11.9 Å². The van der Waals surface area contributed by atoms with Crippen LogP contribution in [0.4, 0.5) is 5.69 Å². The first-order chi connectivity index (χ1) is 16.4. The van der Waals surface area contributed by atoms with Crippen molar-refractivity contribution in [1.82, 2.24) is 5.32 Å². The van der Waals surface area contributed by atoms with E-state index in [0.717, 1.165) is 5.56 Å². The molecule has 0 aliphatic heterocycles. The molecule has 2 unspecified atom stereocenters. The molecule has 0 aromatic heterocycles. The van der Waals surface area contributed by atoms with Gasteiger partial charge in [-0.1, -0.05) is 56.3 Å². The molecule has 186 valence electrons. The summed E-state index contributed by atoms with van der Waals surface area (Å²) in [6.07, 6.45) is 1.03. The molecule has 35 heavy (non-hydrogen) atoms. The van der Waals surface area contributed by atoms with Gasteiger partial charge < -0.3 is 20.8 Å². The third-order valence-corrected chi connectivity index (χ3v) is 7.51. The maximum absolute atomic E-state index is 13.0. The minimum atomic E-state index is -1.17. The second-order valence-corrected chi connectivity index (χ2v) is 9.96. The van der Waals surface area contributed by atoms with E-state index in [9.17, 15) is 29.4 Å². The van der Waals surface area contributed by atoms with E-state index in [1.54, 1.807) is 45.0 Å². The highest BCUT2D eigenvalue weighted by atomic mass is 16.4. The molecule has 1 fully saturated rings. The standard InChI is InChI=1S/C27H32N2O6/c1-26(2)20(13-14-27(26,3)25(34)35)23(31)29-21(24(32)33)15-18-9-11-19(12-10-18)28-22(30)16-17-7-5-4-6-8-17/h4-12,20-21H,13-16H2,1-3H3,(H,28,30)(H,29,31)(H,32,33)(H,34,35)/t20?,21-,27?/m0/s1. The van der Waals surface area contributed by atoms with Gasteiger partial charge in [-0.2, -0.15) is 0 Å². The van der Waals surface area contributed by atoms with Crippen LogP contribution < -0.4 is 10.6 Å². The molecule has 2 amide bonds. The van der Waals surface area contributed by atoms with Crippen LogP contribution in [0.5, 0.6) is 0 Å². The minimum absolute atomic E-state index is 0.0582. The molecule has 0 radical (unpaired) electrons. The average molecular weight is 481 g/mol. The number of nitrogens with one attached hydrogen (secondary N) is 2. The zero-order valence-corrected chi connectivity index (χ0v) is 20.2. The lowest BCUT2D eigenvalue weighted by Gasteiger charge is -2.38. The van der Waals surface area contributed by atoms with Gasteiger partial charge in [0.2, 0.25) is 11.8 Å². The number of aliphatic carboxylic acids is 2. The Kier molecular flexibility index (Phi) is 7.63. The minimum Gasteiger partial charge on any atom is -0.481 e. The molecule has 1 aliphatic carbocycles. The Morgan fingerprint density at radius 2 is 1.57 bits per heavy atom. The van der Waals surface area contributed by atoms with Gasteiger partial charge in [0, 0.05) is 18.0 Å². The number of carboxylic acid groups (broad SMARTS) is 2. The molecule has 3 atom stereocenters. The third kappa shape index (κ3) is 5.70. The highest BCUT2D eigenvalue weighted by Crippen LogP contribution is 2.56. The van der Waals surface area contributed by atoms with Crippen LogP contribution in [0.25, 0.3) is 0 Å². The SMILES string of the molecule is CC1(C(=O)O)CCC(C(=O)N[C@@H](Cc2ccc(NC(=O)Cc3ccccc3)cc2)C(=O)O)C1(C)C. The van der Waals surface area contributed by atoms with E-state index in [2.05, 4.69) is 10.6 Å². The molecule has 0 heterocycles. The number of amides is 2. The van der Waals surface area contributed by atoms with Gasteiger partial charge in [-0.05, 0) is 48.4 Å². The number of benzene rings is 2. The van der Waals surface area contributed by atoms with E-state index in [1.807, 2.05) is 30.3 Å². The van der Waals surface area contributed by atoms with Crippen molar-refractivity contribution >= 4 is 29.4 Å². The molecular weight excluding hydrogens is 448 g/mol. The number of anilines is 1. The Labute approximate surface area is 204 Å². The van der Waals surface area contributed by atoms with Crippen LogP contribution in [0.3, 0.4) is 0 Å². The molecular formula is C27H32N2O6. The molecule has 1 saturated carbocycles. The predicted molar refractivity (Wildman–Crippen MR) is 131 cm³/mol. The zero-order valence-electron chi connectivity index (χ0n) is 20.2. The topological polar surface area (TPSA) is 133 Å². The maximum atomic E-state index is 13.0. The van der Waals surface area contributed by atoms with E-state index < -0.39 is 40.6 Å². The summed E-state index contributed by atoms with van der Waals surface area (Å²) in [5, 5.41) is 24.8. The van der Waals surface area contributed by atoms with Crippen molar-refractivity contribution in [2.45, 2.75) is 52.5 Å². The number of hydrogen-bond donors (Lipinski definition) is 4. The Balaban J connectivity index is 1.61. The fourth-order valence-electron chi connectivity index (χ4n) is 4.76. The predicted octanol–water partition coefficient (Wildman–Crippen LogP) is 3.51. The van der Waals surface area contributed by atoms with Crippen LogP contribution in [0.1, 0.15) is 44.7 Å². The van der Waals surface area contributed by atoms with Crippen molar-refractivity contribution in [3.8, 4) is 0 Å². The van der Waals surface area contributed by atoms with Crippen LogP contribution in [0.2, 0.25) is 0 Å². The van der Waals surface area contributed by atoms with Gasteiger partial charge in [-0.15, -0.1) is 0 Å². The van der Waals surface area contributed by atoms with E-state index in [-0.39, 0.29) is 18.7 Å². The Hall–Kier alpha value is -3.68. The maximum Gasteiger partial charge on any atom is 0.326 e. The summed E-state index contributed by atoms with van der Waals surface area (Å²) in [6.45, 7) is 5.13. The van der Waals surface area contributed by atoms with Crippen LogP contribution in [-0.4, -0.2) is 40.0 Å². The Morgan fingerprint density at radius 3 is 2.11 bits per heavy atom. The number of carbonyl (C=O) groups is 4. The Morgan fingerprint density at radius 1 is 0.943 bits per heavy atom. The third-order valence-electron chi connectivity index (χ3n) is 7.51. The molecule has 4 N–H and O–H groups in total. The van der Waals surface area contributed by atoms with Gasteiger partial charge in [-0.3, -0.25) is 14.4 Å². The first-order valence-electron chi connectivity index (χ1n) is 11.6. The van der Waals surface area contributed by atoms with Crippen LogP contribution in [0, 0.1) is 16.7 Å². The summed E-state index contributed by atoms with van der Waals surface area (Å²) in [5.41, 5.74) is 0.280. The second-order valence-electron chi connectivity index (χ2n) is 9.96. The van der Waals surface area contributed by atoms with E-state index in [0.29, 0.717) is 24.1 Å². The molecule has 2 aromatic carbocycles. The number of rotatable bonds is 9. The van der Waals surface area contributed by atoms with E-state index >= 15 is 0 Å². The molecule has 1 aliphatic rings. The second kappa shape index (κ2) is 10.3. The van der Waals surface area contributed by atoms with Crippen molar-refractivity contribution < 1.29 is 29.4 Å². The fraction of sp³-hybridized carbons (Fsp3) is 0.407. The normalized spacial score (nSPS) is 21.6. The first kappa shape index (κ1) is 25.9. The highest BCUT2D eigenvalue weighted by Gasteiger charge is 2.58. The summed E-state index contributed by atoms with van der Waals surface area (Å²) >= 11 is 0. The first-order valence-corrected chi connectivity index (χ1v) is 11.6. The summed E-state index contributed by atoms with van der Waals surface area (Å²) in [5.74, 6) is -3.34. The molecule has 0 saturated heterocycles. The quantitative estimate of drug-likeness (QED) is 0.434. The molecule has 0 bridgehead atoms. The van der Waals surface area contributed by atoms with Gasteiger partial charge in [-0.25, -0.2) is 4.79 Å². The van der Waals surface area contributed by atoms with Crippen molar-refractivity contribution in [2.75, 3.05) is 5.32 Å². The fourth-order valence-corrected chi connectivity index (χ4v) is 4.76. The summed E-state index contributed by atoms with van der Waals surface area (Å²) in [7, 11) is 0. The lowest BCUT2D eigenvalue weighted by atomic mass is 9.65. The zero-order chi connectivity index (χ0) is 25.8. The summed E-state index contributed by atoms with van der Waals surface area (Å²) < 4.78 is 0. The summed E-state index contributed by atoms with van der Waals surface area (Å²) in [4.78, 5) is 48.9. The summed E-state index contributed by atoms with van der Waals surface area (Å²) in [6, 6.07) is 15.0. The van der Waals surface area contributed by atoms with Gasteiger partial charge in [0.25, 0.3) is 0 Å². The van der Waals surface area contributed by atoms with Crippen molar-refractivity contribution in [1.29, 1.82) is 0 Å². The smallest absolute Gasteiger partial charge is 0.326 e. The van der Waals surface area contributed by atoms with E-state index in [1.165, 1.54) is 0 Å². The van der Waals surface area contributed by atoms with Gasteiger partial charge in [0.1, 0.15) is 6.04 Å². The van der Waals surface area contributed by atoms with Crippen molar-refractivity contribution in [3.05, 3.63) is 65.7 Å². The molecule has 8 heteroatoms. The number of hydrogen-bond acceptors (Lipinski definition) is 4. The van der Waals surface area contributed by atoms with Crippen LogP contribution in [0.15, 0.2) is 54.6 Å². The van der Waals surface area contributed by atoms with Crippen LogP contribution in [-0.2, 0) is 32.0 Å². The largest absolute Gasteiger partial charge is 0.481 e. The van der Waals surface area contributed by atoms with Gasteiger partial charge in [0.15, 0.2) is 0 Å². The molecule has 8 nitrogen and oxygen atoms in total. The monoisotopic (exact) mass is 480 g/mol. The lowest BCUT2D eigenvalue weighted by molar-refractivity contribution is -0.155. The van der Waals surface area contributed by atoms with Crippen molar-refractivity contribution in [2.24, 2.45) is 16.7 Å².